The van der Waals surface area contributed by atoms with Gasteiger partial charge in [-0.25, -0.2) is 0 Å². The van der Waals surface area contributed by atoms with E-state index in [0.717, 1.165) is 31.8 Å². The van der Waals surface area contributed by atoms with E-state index < -0.39 is 0 Å². The van der Waals surface area contributed by atoms with E-state index in [1.807, 2.05) is 12.3 Å². The van der Waals surface area contributed by atoms with E-state index in [4.69, 9.17) is 4.74 Å². The molecule has 106 valence electrons. The number of para-hydroxylation sites is 1. The first-order valence-electron chi connectivity index (χ1n) is 7.53. The molecular weight excluding hydrogens is 248 g/mol. The summed E-state index contributed by atoms with van der Waals surface area (Å²) in [5.41, 5.74) is 2.44. The number of benzene rings is 1. The number of likely N-dealkylation sites (N-methyl/N-ethyl adjacent to an activating group) is 1. The topological polar surface area (TPSA) is 25.4 Å². The van der Waals surface area contributed by atoms with Gasteiger partial charge in [0, 0.05) is 31.3 Å². The molecule has 0 amide bonds. The van der Waals surface area contributed by atoms with Crippen LogP contribution in [0.15, 0.2) is 36.5 Å². The quantitative estimate of drug-likeness (QED) is 0.834. The Morgan fingerprint density at radius 1 is 1.30 bits per heavy atom. The fourth-order valence-electron chi connectivity index (χ4n) is 2.92. The molecule has 2 aromatic rings. The fraction of sp³-hybridized carbons (Fsp3) is 0.471. The molecule has 3 heteroatoms. The van der Waals surface area contributed by atoms with Crippen molar-refractivity contribution in [3.63, 3.8) is 0 Å². The van der Waals surface area contributed by atoms with Gasteiger partial charge in [-0.05, 0) is 37.1 Å². The summed E-state index contributed by atoms with van der Waals surface area (Å²) in [7, 11) is 0. The zero-order valence-electron chi connectivity index (χ0n) is 12.1. The average Bonchev–Trinajstić information content (AvgIpc) is 3.00. The third kappa shape index (κ3) is 3.00. The first-order chi connectivity index (χ1) is 9.86. The SMILES string of the molecule is CCN(Cc1ccnc2ccccc12)C[C@H]1CCCO1. The minimum atomic E-state index is 0.419. The smallest absolute Gasteiger partial charge is 0.0705 e. The van der Waals surface area contributed by atoms with Crippen molar-refractivity contribution in [2.24, 2.45) is 0 Å². The molecule has 1 atom stereocenters. The molecule has 3 rings (SSSR count). The Labute approximate surface area is 120 Å². The highest BCUT2D eigenvalue weighted by Crippen LogP contribution is 2.19. The molecule has 20 heavy (non-hydrogen) atoms. The van der Waals surface area contributed by atoms with Crippen molar-refractivity contribution < 1.29 is 4.74 Å². The van der Waals surface area contributed by atoms with Crippen LogP contribution in [0.25, 0.3) is 10.9 Å². The Kier molecular flexibility index (Phi) is 4.28. The third-order valence-electron chi connectivity index (χ3n) is 4.07. The van der Waals surface area contributed by atoms with Crippen LogP contribution < -0.4 is 0 Å². The first-order valence-corrected chi connectivity index (χ1v) is 7.53. The molecule has 0 spiro atoms. The zero-order chi connectivity index (χ0) is 13.8. The van der Waals surface area contributed by atoms with Gasteiger partial charge in [0.15, 0.2) is 0 Å². The van der Waals surface area contributed by atoms with E-state index >= 15 is 0 Å². The van der Waals surface area contributed by atoms with Crippen molar-refractivity contribution in [2.45, 2.75) is 32.4 Å². The van der Waals surface area contributed by atoms with Crippen LogP contribution in [0.5, 0.6) is 0 Å². The van der Waals surface area contributed by atoms with Gasteiger partial charge in [-0.3, -0.25) is 9.88 Å². The zero-order valence-corrected chi connectivity index (χ0v) is 12.1. The van der Waals surface area contributed by atoms with Crippen LogP contribution in [-0.4, -0.2) is 35.7 Å². The van der Waals surface area contributed by atoms with Gasteiger partial charge in [-0.2, -0.15) is 0 Å². The van der Waals surface area contributed by atoms with Crippen LogP contribution >= 0.6 is 0 Å². The highest BCUT2D eigenvalue weighted by atomic mass is 16.5. The number of rotatable bonds is 5. The maximum absolute atomic E-state index is 5.76. The summed E-state index contributed by atoms with van der Waals surface area (Å²) in [6.07, 6.45) is 4.74. The van der Waals surface area contributed by atoms with E-state index in [0.29, 0.717) is 6.10 Å². The molecule has 1 saturated heterocycles. The average molecular weight is 270 g/mol. The third-order valence-corrected chi connectivity index (χ3v) is 4.07. The molecule has 1 fully saturated rings. The molecule has 1 aliphatic rings. The molecule has 1 aromatic carbocycles. The fourth-order valence-corrected chi connectivity index (χ4v) is 2.92. The Morgan fingerprint density at radius 3 is 3.00 bits per heavy atom. The maximum atomic E-state index is 5.76. The van der Waals surface area contributed by atoms with Crippen LogP contribution in [-0.2, 0) is 11.3 Å². The van der Waals surface area contributed by atoms with Crippen molar-refractivity contribution in [2.75, 3.05) is 19.7 Å². The summed E-state index contributed by atoms with van der Waals surface area (Å²) in [6, 6.07) is 10.5. The largest absolute Gasteiger partial charge is 0.377 e. The van der Waals surface area contributed by atoms with Crippen molar-refractivity contribution in [1.29, 1.82) is 0 Å². The monoisotopic (exact) mass is 270 g/mol. The van der Waals surface area contributed by atoms with Gasteiger partial charge in [0.2, 0.25) is 0 Å². The van der Waals surface area contributed by atoms with E-state index in [9.17, 15) is 0 Å². The molecule has 0 N–H and O–H groups in total. The number of nitrogens with zero attached hydrogens (tertiary/aromatic N) is 2. The summed E-state index contributed by atoms with van der Waals surface area (Å²) in [6.45, 7) is 6.21. The lowest BCUT2D eigenvalue weighted by atomic mass is 10.1. The summed E-state index contributed by atoms with van der Waals surface area (Å²) in [5.74, 6) is 0. The van der Waals surface area contributed by atoms with Crippen molar-refractivity contribution in [3.8, 4) is 0 Å². The van der Waals surface area contributed by atoms with E-state index in [1.165, 1.54) is 23.8 Å². The molecule has 3 nitrogen and oxygen atoms in total. The summed E-state index contributed by atoms with van der Waals surface area (Å²) in [4.78, 5) is 6.91. The van der Waals surface area contributed by atoms with Crippen molar-refractivity contribution in [3.05, 3.63) is 42.1 Å². The summed E-state index contributed by atoms with van der Waals surface area (Å²) in [5, 5.41) is 1.26. The van der Waals surface area contributed by atoms with Crippen LogP contribution in [0.1, 0.15) is 25.3 Å². The van der Waals surface area contributed by atoms with Gasteiger partial charge in [0.05, 0.1) is 11.6 Å². The Morgan fingerprint density at radius 2 is 2.20 bits per heavy atom. The number of fused-ring (bicyclic) bond motifs is 1. The lowest BCUT2D eigenvalue weighted by Gasteiger charge is -2.24. The van der Waals surface area contributed by atoms with Crippen molar-refractivity contribution in [1.82, 2.24) is 9.88 Å². The predicted octanol–water partition coefficient (Wildman–Crippen LogP) is 3.24. The van der Waals surface area contributed by atoms with Crippen molar-refractivity contribution >= 4 is 10.9 Å². The number of pyridine rings is 1. The van der Waals surface area contributed by atoms with Crippen LogP contribution in [0.3, 0.4) is 0 Å². The predicted molar refractivity (Wildman–Crippen MR) is 81.7 cm³/mol. The van der Waals surface area contributed by atoms with Crippen LogP contribution in [0, 0.1) is 0 Å². The van der Waals surface area contributed by atoms with Crippen LogP contribution in [0.2, 0.25) is 0 Å². The van der Waals surface area contributed by atoms with Gasteiger partial charge in [0.1, 0.15) is 0 Å². The second-order valence-corrected chi connectivity index (χ2v) is 5.45. The van der Waals surface area contributed by atoms with Gasteiger partial charge < -0.3 is 4.74 Å². The number of hydrogen-bond donors (Lipinski definition) is 0. The van der Waals surface area contributed by atoms with Gasteiger partial charge in [-0.15, -0.1) is 0 Å². The molecule has 0 saturated carbocycles. The number of hydrogen-bond acceptors (Lipinski definition) is 3. The van der Waals surface area contributed by atoms with Gasteiger partial charge >= 0.3 is 0 Å². The minimum absolute atomic E-state index is 0.419. The molecule has 0 bridgehead atoms. The Bertz CT molecular complexity index is 558. The maximum Gasteiger partial charge on any atom is 0.0705 e. The second kappa shape index (κ2) is 6.33. The molecule has 2 heterocycles. The lowest BCUT2D eigenvalue weighted by Crippen LogP contribution is -2.31. The van der Waals surface area contributed by atoms with Crippen LogP contribution in [0.4, 0.5) is 0 Å². The van der Waals surface area contributed by atoms with Gasteiger partial charge in [-0.1, -0.05) is 25.1 Å². The molecule has 1 aliphatic heterocycles. The summed E-state index contributed by atoms with van der Waals surface area (Å²) < 4.78 is 5.76. The van der Waals surface area contributed by atoms with E-state index in [2.05, 4.69) is 41.1 Å². The van der Waals surface area contributed by atoms with E-state index in [1.54, 1.807) is 0 Å². The Hall–Kier alpha value is -1.45. The van der Waals surface area contributed by atoms with Gasteiger partial charge in [0.25, 0.3) is 0 Å². The Balaban J connectivity index is 1.76. The highest BCUT2D eigenvalue weighted by molar-refractivity contribution is 5.81. The molecule has 0 aliphatic carbocycles. The van der Waals surface area contributed by atoms with E-state index in [-0.39, 0.29) is 0 Å². The molecule has 0 unspecified atom stereocenters. The normalized spacial score (nSPS) is 19.0. The second-order valence-electron chi connectivity index (χ2n) is 5.45. The first kappa shape index (κ1) is 13.5. The summed E-state index contributed by atoms with van der Waals surface area (Å²) >= 11 is 0. The molecular formula is C17H22N2O. The number of aromatic nitrogens is 1. The minimum Gasteiger partial charge on any atom is -0.377 e. The standard InChI is InChI=1S/C17H22N2O/c1-2-19(13-15-6-5-11-20-15)12-14-9-10-18-17-8-4-3-7-16(14)17/h3-4,7-10,15H,2,5-6,11-13H2,1H3/t15-/m1/s1. The number of ether oxygens (including phenoxy) is 1. The highest BCUT2D eigenvalue weighted by Gasteiger charge is 2.18. The molecule has 1 aromatic heterocycles. The molecule has 0 radical (unpaired) electrons. The lowest BCUT2D eigenvalue weighted by molar-refractivity contribution is 0.0726.